The molecule has 0 radical (unpaired) electrons. The maximum Gasteiger partial charge on any atom is 0.255 e. The highest BCUT2D eigenvalue weighted by molar-refractivity contribution is 5.79. The van der Waals surface area contributed by atoms with Crippen LogP contribution in [0, 0.1) is 23.5 Å². The van der Waals surface area contributed by atoms with Crippen molar-refractivity contribution in [3.8, 4) is 11.3 Å². The zero-order valence-electron chi connectivity index (χ0n) is 19.0. The molecular weight excluding hydrogens is 440 g/mol. The Morgan fingerprint density at radius 1 is 1.03 bits per heavy atom. The van der Waals surface area contributed by atoms with Crippen LogP contribution in [0.1, 0.15) is 0 Å². The third-order valence-electron chi connectivity index (χ3n) is 7.17. The first kappa shape index (κ1) is 20.8. The molecule has 2 aliphatic rings. The standard InChI is InChI=1S/C24H23F2N7O/c1-30-20-8-13(25)4-5-18(20)28-24(30)33-11-15-16(12-33)22(15)32(3)23-29-19(9-21(34)31(23)2)14-6-7-27-10-17(14)26/h4-10,15-16,22H,11-12H2,1-3H3/t15-,16+,22-. The number of benzene rings is 1. The average Bonchev–Trinajstić information content (AvgIpc) is 3.14. The van der Waals surface area contributed by atoms with Crippen molar-refractivity contribution < 1.29 is 8.78 Å². The van der Waals surface area contributed by atoms with Crippen molar-refractivity contribution >= 4 is 22.9 Å². The molecule has 1 aliphatic heterocycles. The van der Waals surface area contributed by atoms with Crippen LogP contribution in [0.4, 0.5) is 20.7 Å². The van der Waals surface area contributed by atoms with Gasteiger partial charge in [-0.25, -0.2) is 18.7 Å². The van der Waals surface area contributed by atoms with E-state index < -0.39 is 5.82 Å². The molecule has 3 atom stereocenters. The fourth-order valence-corrected chi connectivity index (χ4v) is 5.36. The number of hydrogen-bond acceptors (Lipinski definition) is 6. The van der Waals surface area contributed by atoms with Crippen molar-refractivity contribution in [1.29, 1.82) is 0 Å². The van der Waals surface area contributed by atoms with Gasteiger partial charge in [-0.3, -0.25) is 14.3 Å². The molecule has 3 aromatic heterocycles. The van der Waals surface area contributed by atoms with Gasteiger partial charge < -0.3 is 14.4 Å². The van der Waals surface area contributed by atoms with Crippen LogP contribution in [-0.2, 0) is 14.1 Å². The summed E-state index contributed by atoms with van der Waals surface area (Å²) in [6.45, 7) is 1.62. The Bertz CT molecular complexity index is 1480. The molecule has 174 valence electrons. The normalized spacial score (nSPS) is 21.2. The molecule has 0 amide bonds. The summed E-state index contributed by atoms with van der Waals surface area (Å²) in [5, 5.41) is 0. The Hall–Kier alpha value is -3.82. The molecule has 4 aromatic rings. The Kier molecular flexibility index (Phi) is 4.48. The average molecular weight is 463 g/mol. The predicted octanol–water partition coefficient (Wildman–Crippen LogP) is 2.58. The maximum atomic E-state index is 14.3. The number of piperidine rings is 1. The highest BCUT2D eigenvalue weighted by atomic mass is 19.1. The molecule has 1 aromatic carbocycles. The van der Waals surface area contributed by atoms with E-state index in [1.807, 2.05) is 23.6 Å². The molecule has 2 fully saturated rings. The van der Waals surface area contributed by atoms with Gasteiger partial charge in [0.05, 0.1) is 22.9 Å². The van der Waals surface area contributed by atoms with E-state index in [1.165, 1.54) is 35.0 Å². The van der Waals surface area contributed by atoms with E-state index in [0.717, 1.165) is 36.3 Å². The van der Waals surface area contributed by atoms with Crippen LogP contribution in [0.15, 0.2) is 47.5 Å². The number of nitrogens with zero attached hydrogens (tertiary/aromatic N) is 7. The zero-order chi connectivity index (χ0) is 23.7. The summed E-state index contributed by atoms with van der Waals surface area (Å²) in [6, 6.07) is 7.72. The number of rotatable bonds is 4. The van der Waals surface area contributed by atoms with Crippen molar-refractivity contribution in [3.05, 3.63) is 64.7 Å². The number of anilines is 2. The first-order valence-electron chi connectivity index (χ1n) is 11.1. The summed E-state index contributed by atoms with van der Waals surface area (Å²) >= 11 is 0. The van der Waals surface area contributed by atoms with E-state index in [1.54, 1.807) is 13.1 Å². The van der Waals surface area contributed by atoms with Crippen LogP contribution in [0.3, 0.4) is 0 Å². The fraction of sp³-hybridized carbons (Fsp3) is 0.333. The topological polar surface area (TPSA) is 72.1 Å². The molecule has 0 unspecified atom stereocenters. The molecule has 4 heterocycles. The third kappa shape index (κ3) is 3.08. The van der Waals surface area contributed by atoms with Gasteiger partial charge in [-0.2, -0.15) is 0 Å². The van der Waals surface area contributed by atoms with Crippen molar-refractivity contribution in [2.45, 2.75) is 6.04 Å². The first-order chi connectivity index (χ1) is 16.3. The Balaban J connectivity index is 1.25. The van der Waals surface area contributed by atoms with Crippen LogP contribution in [-0.4, -0.2) is 50.3 Å². The summed E-state index contributed by atoms with van der Waals surface area (Å²) in [5.41, 5.74) is 1.84. The van der Waals surface area contributed by atoms with Crippen molar-refractivity contribution in [1.82, 2.24) is 24.1 Å². The smallest absolute Gasteiger partial charge is 0.255 e. The van der Waals surface area contributed by atoms with E-state index in [2.05, 4.69) is 14.9 Å². The van der Waals surface area contributed by atoms with E-state index >= 15 is 0 Å². The molecule has 0 bridgehead atoms. The predicted molar refractivity (Wildman–Crippen MR) is 125 cm³/mol. The lowest BCUT2D eigenvalue weighted by Crippen LogP contribution is -2.36. The Labute approximate surface area is 194 Å². The molecule has 1 aliphatic carbocycles. The van der Waals surface area contributed by atoms with Gasteiger partial charge in [0.25, 0.3) is 5.56 Å². The van der Waals surface area contributed by atoms with Crippen LogP contribution in [0.5, 0.6) is 0 Å². The van der Waals surface area contributed by atoms with Gasteiger partial charge in [-0.15, -0.1) is 0 Å². The lowest BCUT2D eigenvalue weighted by molar-refractivity contribution is 0.623. The highest BCUT2D eigenvalue weighted by Gasteiger charge is 2.59. The minimum Gasteiger partial charge on any atom is -0.342 e. The highest BCUT2D eigenvalue weighted by Crippen LogP contribution is 2.50. The van der Waals surface area contributed by atoms with Gasteiger partial charge in [0.15, 0.2) is 5.82 Å². The SMILES string of the molecule is CN(c1nc(-c2ccncc2F)cc(=O)n1C)[C@@H]1[C@@H]2CN(c3nc4ccc(F)cc4n3C)C[C@@H]21. The number of pyridine rings is 1. The van der Waals surface area contributed by atoms with Crippen LogP contribution >= 0.6 is 0 Å². The summed E-state index contributed by atoms with van der Waals surface area (Å²) in [5.74, 6) is 1.32. The minimum atomic E-state index is -0.516. The second-order valence-electron chi connectivity index (χ2n) is 9.13. The molecule has 10 heteroatoms. The minimum absolute atomic E-state index is 0.221. The van der Waals surface area contributed by atoms with Gasteiger partial charge in [0.2, 0.25) is 11.9 Å². The largest absolute Gasteiger partial charge is 0.342 e. The van der Waals surface area contributed by atoms with Gasteiger partial charge in [-0.1, -0.05) is 0 Å². The van der Waals surface area contributed by atoms with Gasteiger partial charge in [0, 0.05) is 69.9 Å². The Morgan fingerprint density at radius 3 is 2.53 bits per heavy atom. The quantitative estimate of drug-likeness (QED) is 0.463. The van der Waals surface area contributed by atoms with Gasteiger partial charge in [-0.05, 0) is 24.3 Å². The number of aromatic nitrogens is 5. The molecule has 1 saturated heterocycles. The summed E-state index contributed by atoms with van der Waals surface area (Å²) in [7, 11) is 5.51. The van der Waals surface area contributed by atoms with Crippen LogP contribution in [0.2, 0.25) is 0 Å². The summed E-state index contributed by atoms with van der Waals surface area (Å²) in [4.78, 5) is 30.0. The van der Waals surface area contributed by atoms with Crippen LogP contribution < -0.4 is 15.4 Å². The van der Waals surface area contributed by atoms with Crippen molar-refractivity contribution in [2.75, 3.05) is 29.9 Å². The van der Waals surface area contributed by atoms with E-state index in [0.29, 0.717) is 23.5 Å². The van der Waals surface area contributed by atoms with E-state index in [-0.39, 0.29) is 23.0 Å². The Morgan fingerprint density at radius 2 is 1.79 bits per heavy atom. The molecule has 1 saturated carbocycles. The maximum absolute atomic E-state index is 14.3. The molecule has 8 nitrogen and oxygen atoms in total. The number of fused-ring (bicyclic) bond motifs is 2. The molecule has 0 spiro atoms. The monoisotopic (exact) mass is 463 g/mol. The summed E-state index contributed by atoms with van der Waals surface area (Å²) < 4.78 is 31.4. The number of halogens is 2. The first-order valence-corrected chi connectivity index (χ1v) is 11.1. The molecular formula is C24H23F2N7O. The number of imidazole rings is 1. The lowest BCUT2D eigenvalue weighted by atomic mass is 10.2. The third-order valence-corrected chi connectivity index (χ3v) is 7.17. The molecule has 6 rings (SSSR count). The second-order valence-corrected chi connectivity index (χ2v) is 9.13. The fourth-order valence-electron chi connectivity index (χ4n) is 5.36. The molecule has 34 heavy (non-hydrogen) atoms. The van der Waals surface area contributed by atoms with E-state index in [4.69, 9.17) is 4.98 Å². The summed E-state index contributed by atoms with van der Waals surface area (Å²) in [6.07, 6.45) is 2.60. The second kappa shape index (κ2) is 7.34. The van der Waals surface area contributed by atoms with Gasteiger partial charge in [0.1, 0.15) is 5.82 Å². The lowest BCUT2D eigenvalue weighted by Gasteiger charge is -2.27. The number of aryl methyl sites for hydroxylation is 1. The van der Waals surface area contributed by atoms with E-state index in [9.17, 15) is 13.6 Å². The zero-order valence-corrected chi connectivity index (χ0v) is 19.0. The van der Waals surface area contributed by atoms with Crippen LogP contribution in [0.25, 0.3) is 22.3 Å². The number of hydrogen-bond donors (Lipinski definition) is 0. The van der Waals surface area contributed by atoms with Crippen molar-refractivity contribution in [3.63, 3.8) is 0 Å². The molecule has 0 N–H and O–H groups in total. The van der Waals surface area contributed by atoms with Crippen molar-refractivity contribution in [2.24, 2.45) is 25.9 Å². The van der Waals surface area contributed by atoms with Gasteiger partial charge >= 0.3 is 0 Å².